The molecule has 4 atom stereocenters. The van der Waals surface area contributed by atoms with Crippen LogP contribution in [0.2, 0.25) is 0 Å². The number of ether oxygens (including phenoxy) is 2. The van der Waals surface area contributed by atoms with Gasteiger partial charge in [-0.1, -0.05) is 6.42 Å². The van der Waals surface area contributed by atoms with Crippen LogP contribution in [-0.4, -0.2) is 77.4 Å². The first kappa shape index (κ1) is 27.0. The van der Waals surface area contributed by atoms with Crippen LogP contribution in [0, 0.1) is 0 Å². The molecule has 0 aliphatic heterocycles. The molecule has 0 amide bonds. The third-order valence-corrected chi connectivity index (χ3v) is 3.79. The number of rotatable bonds is 15. The molecule has 0 aromatic rings. The standard InChI is InChI=1S/C16H30N6O8/c17-6-2-1-4-8(18)14(27)29-10(12(23)24)11(13(25)26)30-15(28)9(19)5-3-7-22-16(20)21/h8-11H,1-7,17-19H2,(H,23,24)(H,25,26)(H4,20,21,22)/t8-,9-,10?,11?/m0/s1. The maximum Gasteiger partial charge on any atom is 0.349 e. The highest BCUT2D eigenvalue weighted by atomic mass is 16.6. The average Bonchev–Trinajstić information content (AvgIpc) is 2.66. The van der Waals surface area contributed by atoms with Crippen molar-refractivity contribution in [1.29, 1.82) is 0 Å². The van der Waals surface area contributed by atoms with Crippen molar-refractivity contribution < 1.29 is 38.9 Å². The Bertz CT molecular complexity index is 625. The van der Waals surface area contributed by atoms with Crippen LogP contribution in [0.4, 0.5) is 0 Å². The van der Waals surface area contributed by atoms with Gasteiger partial charge in [-0.05, 0) is 32.2 Å². The Morgan fingerprint density at radius 2 is 1.23 bits per heavy atom. The number of hydrogen-bond donors (Lipinski definition) is 7. The molecule has 0 aliphatic carbocycles. The predicted molar refractivity (Wildman–Crippen MR) is 104 cm³/mol. The maximum absolute atomic E-state index is 12.0. The molecular weight excluding hydrogens is 404 g/mol. The smallest absolute Gasteiger partial charge is 0.349 e. The molecule has 172 valence electrons. The maximum atomic E-state index is 12.0. The highest BCUT2D eigenvalue weighted by molar-refractivity contribution is 5.89. The predicted octanol–water partition coefficient (Wildman–Crippen LogP) is -3.18. The van der Waals surface area contributed by atoms with Gasteiger partial charge in [-0.2, -0.15) is 0 Å². The summed E-state index contributed by atoms with van der Waals surface area (Å²) in [6.07, 6.45) is -3.10. The largest absolute Gasteiger partial charge is 0.478 e. The molecule has 14 heteroatoms. The van der Waals surface area contributed by atoms with Crippen LogP contribution in [0.1, 0.15) is 32.1 Å². The molecule has 0 radical (unpaired) electrons. The monoisotopic (exact) mass is 434 g/mol. The normalized spacial score (nSPS) is 14.6. The number of carboxylic acids is 2. The van der Waals surface area contributed by atoms with Crippen LogP contribution >= 0.6 is 0 Å². The number of guanidine groups is 1. The van der Waals surface area contributed by atoms with Crippen LogP contribution in [0.25, 0.3) is 0 Å². The summed E-state index contributed by atoms with van der Waals surface area (Å²) in [6, 6.07) is -2.47. The molecule has 0 fully saturated rings. The summed E-state index contributed by atoms with van der Waals surface area (Å²) in [5.74, 6) is -6.17. The van der Waals surface area contributed by atoms with E-state index in [1.807, 2.05) is 0 Å². The van der Waals surface area contributed by atoms with Crippen molar-refractivity contribution in [3.8, 4) is 0 Å². The van der Waals surface area contributed by atoms with E-state index in [1.54, 1.807) is 0 Å². The summed E-state index contributed by atoms with van der Waals surface area (Å²) >= 11 is 0. The first-order valence-corrected chi connectivity index (χ1v) is 9.14. The summed E-state index contributed by atoms with van der Waals surface area (Å²) < 4.78 is 9.38. The number of nitrogens with two attached hydrogens (primary N) is 5. The van der Waals surface area contributed by atoms with Crippen LogP contribution in [-0.2, 0) is 28.7 Å². The summed E-state index contributed by atoms with van der Waals surface area (Å²) in [7, 11) is 0. The summed E-state index contributed by atoms with van der Waals surface area (Å²) in [4.78, 5) is 50.6. The van der Waals surface area contributed by atoms with Crippen LogP contribution in [0.15, 0.2) is 4.99 Å². The Hall–Kier alpha value is -2.97. The number of aliphatic imine (C=N–C) groups is 1. The highest BCUT2D eigenvalue weighted by Crippen LogP contribution is 2.11. The van der Waals surface area contributed by atoms with Crippen LogP contribution in [0.5, 0.6) is 0 Å². The average molecular weight is 434 g/mol. The van der Waals surface area contributed by atoms with Gasteiger partial charge in [0.1, 0.15) is 12.1 Å². The Morgan fingerprint density at radius 1 is 0.800 bits per heavy atom. The van der Waals surface area contributed by atoms with Gasteiger partial charge in [-0.3, -0.25) is 14.6 Å². The number of aliphatic carboxylic acids is 2. The third kappa shape index (κ3) is 10.5. The second kappa shape index (κ2) is 14.1. The minimum Gasteiger partial charge on any atom is -0.478 e. The molecule has 0 rings (SSSR count). The zero-order valence-electron chi connectivity index (χ0n) is 16.4. The van der Waals surface area contributed by atoms with E-state index in [1.165, 1.54) is 0 Å². The van der Waals surface area contributed by atoms with Crippen LogP contribution in [0.3, 0.4) is 0 Å². The summed E-state index contributed by atoms with van der Waals surface area (Å²) in [5, 5.41) is 18.5. The molecule has 0 aromatic carbocycles. The number of esters is 2. The minimum atomic E-state index is -2.32. The fraction of sp³-hybridized carbons (Fsp3) is 0.688. The Kier molecular flexibility index (Phi) is 12.7. The number of carbonyl (C=O) groups is 4. The molecule has 0 heterocycles. The van der Waals surface area contributed by atoms with Gasteiger partial charge in [0.15, 0.2) is 5.96 Å². The molecule has 14 nitrogen and oxygen atoms in total. The molecule has 0 saturated carbocycles. The van der Waals surface area contributed by atoms with Crippen molar-refractivity contribution >= 4 is 29.8 Å². The lowest BCUT2D eigenvalue weighted by Crippen LogP contribution is -2.49. The molecule has 0 aliphatic rings. The quantitative estimate of drug-likeness (QED) is 0.0580. The second-order valence-electron chi connectivity index (χ2n) is 6.34. The Morgan fingerprint density at radius 3 is 1.60 bits per heavy atom. The minimum absolute atomic E-state index is 0.0332. The van der Waals surface area contributed by atoms with Crippen molar-refractivity contribution in [3.63, 3.8) is 0 Å². The van der Waals surface area contributed by atoms with Gasteiger partial charge in [-0.25, -0.2) is 9.59 Å². The van der Waals surface area contributed by atoms with Gasteiger partial charge >= 0.3 is 23.9 Å². The molecule has 30 heavy (non-hydrogen) atoms. The van der Waals surface area contributed by atoms with Crippen molar-refractivity contribution in [2.75, 3.05) is 13.1 Å². The topological polar surface area (TPSA) is 270 Å². The van der Waals surface area contributed by atoms with E-state index in [4.69, 9.17) is 38.1 Å². The zero-order valence-corrected chi connectivity index (χ0v) is 16.4. The number of nitrogens with zero attached hydrogens (tertiary/aromatic N) is 1. The molecule has 0 saturated heterocycles. The Labute approximate surface area is 172 Å². The van der Waals surface area contributed by atoms with Gasteiger partial charge in [0.25, 0.3) is 0 Å². The van der Waals surface area contributed by atoms with E-state index < -0.39 is 48.2 Å². The Balaban J connectivity index is 5.02. The molecular formula is C16H30N6O8. The first-order chi connectivity index (χ1) is 14.0. The lowest BCUT2D eigenvalue weighted by Gasteiger charge is -2.23. The van der Waals surface area contributed by atoms with Crippen molar-refractivity contribution in [2.45, 2.75) is 56.4 Å². The number of hydrogen-bond acceptors (Lipinski definition) is 10. The van der Waals surface area contributed by atoms with Gasteiger partial charge < -0.3 is 48.4 Å². The van der Waals surface area contributed by atoms with Crippen molar-refractivity contribution in [2.24, 2.45) is 33.7 Å². The van der Waals surface area contributed by atoms with E-state index >= 15 is 0 Å². The number of carboxylic acid groups (broad SMARTS) is 2. The highest BCUT2D eigenvalue weighted by Gasteiger charge is 2.41. The summed E-state index contributed by atoms with van der Waals surface area (Å²) in [6.45, 7) is 0.547. The van der Waals surface area contributed by atoms with Crippen LogP contribution < -0.4 is 28.7 Å². The van der Waals surface area contributed by atoms with Crippen molar-refractivity contribution in [1.82, 2.24) is 0 Å². The fourth-order valence-corrected chi connectivity index (χ4v) is 2.17. The molecule has 2 unspecified atom stereocenters. The molecule has 12 N–H and O–H groups in total. The number of carbonyl (C=O) groups excluding carboxylic acids is 2. The second-order valence-corrected chi connectivity index (χ2v) is 6.34. The molecule has 0 bridgehead atoms. The molecule has 0 spiro atoms. The lowest BCUT2D eigenvalue weighted by molar-refractivity contribution is -0.188. The zero-order chi connectivity index (χ0) is 23.3. The SMILES string of the molecule is NCCCC[C@H](N)C(=O)OC(C(=O)O)C(OC(=O)[C@@H](N)CCCN=C(N)N)C(=O)O. The van der Waals surface area contributed by atoms with E-state index in [-0.39, 0.29) is 31.8 Å². The molecule has 0 aromatic heterocycles. The van der Waals surface area contributed by atoms with Gasteiger partial charge in [-0.15, -0.1) is 0 Å². The van der Waals surface area contributed by atoms with Gasteiger partial charge in [0, 0.05) is 6.54 Å². The first-order valence-electron chi connectivity index (χ1n) is 9.14. The summed E-state index contributed by atoms with van der Waals surface area (Å²) in [5.41, 5.74) is 26.9. The van der Waals surface area contributed by atoms with Crippen molar-refractivity contribution in [3.05, 3.63) is 0 Å². The number of unbranched alkanes of at least 4 members (excludes halogenated alkanes) is 1. The van der Waals surface area contributed by atoms with E-state index in [2.05, 4.69) is 4.99 Å². The lowest BCUT2D eigenvalue weighted by atomic mass is 10.1. The third-order valence-electron chi connectivity index (χ3n) is 3.79. The fourth-order valence-electron chi connectivity index (χ4n) is 2.17. The van der Waals surface area contributed by atoms with Gasteiger partial charge in [0.2, 0.25) is 12.2 Å². The van der Waals surface area contributed by atoms with E-state index in [0.717, 1.165) is 0 Å². The van der Waals surface area contributed by atoms with Gasteiger partial charge in [0.05, 0.1) is 0 Å². The van der Waals surface area contributed by atoms with E-state index in [0.29, 0.717) is 19.4 Å². The van der Waals surface area contributed by atoms with E-state index in [9.17, 15) is 29.4 Å².